The molecule has 1 aliphatic heterocycles. The molecule has 51 heavy (non-hydrogen) atoms. The molecule has 3 heterocycles. The highest BCUT2D eigenvalue weighted by atomic mass is 32.2. The first-order chi connectivity index (χ1) is 24.9. The van der Waals surface area contributed by atoms with Crippen LogP contribution in [0.1, 0.15) is 61.9 Å². The van der Waals surface area contributed by atoms with Crippen molar-refractivity contribution in [1.82, 2.24) is 20.3 Å². The van der Waals surface area contributed by atoms with Gasteiger partial charge in [0.1, 0.15) is 10.7 Å². The van der Waals surface area contributed by atoms with Crippen LogP contribution >= 0.6 is 11.8 Å². The number of carboxylic acids is 1. The van der Waals surface area contributed by atoms with E-state index >= 15 is 0 Å². The van der Waals surface area contributed by atoms with Crippen LogP contribution in [0.15, 0.2) is 127 Å². The number of pyridine rings is 1. The minimum absolute atomic E-state index is 0.0444. The van der Waals surface area contributed by atoms with Gasteiger partial charge >= 0.3 is 5.97 Å². The fourth-order valence-corrected chi connectivity index (χ4v) is 6.90. The highest BCUT2D eigenvalue weighted by Crippen LogP contribution is 2.40. The summed E-state index contributed by atoms with van der Waals surface area (Å²) in [7, 11) is 0. The van der Waals surface area contributed by atoms with Crippen LogP contribution in [0.5, 0.6) is 0 Å². The molecule has 11 heteroatoms. The monoisotopic (exact) mass is 698 g/mol. The van der Waals surface area contributed by atoms with Gasteiger partial charge in [0.15, 0.2) is 6.29 Å². The number of hydrogen-bond donors (Lipinski definition) is 3. The summed E-state index contributed by atoms with van der Waals surface area (Å²) < 4.78 is 13.0. The molecule has 0 aliphatic carbocycles. The Kier molecular flexibility index (Phi) is 10.4. The molecule has 0 saturated carbocycles. The normalized spacial score (nSPS) is 17.2. The minimum atomic E-state index is -1.02. The number of para-hydroxylation sites is 2. The van der Waals surface area contributed by atoms with Crippen molar-refractivity contribution in [2.24, 2.45) is 0 Å². The molecule has 0 radical (unpaired) electrons. The highest BCUT2D eigenvalue weighted by molar-refractivity contribution is 7.99. The number of thioether (sulfide) groups is 1. The third-order valence-corrected chi connectivity index (χ3v) is 9.74. The lowest BCUT2D eigenvalue weighted by Gasteiger charge is -2.36. The van der Waals surface area contributed by atoms with Crippen LogP contribution < -0.4 is 5.32 Å². The number of aliphatic hydroxyl groups is 1. The fourth-order valence-electron chi connectivity index (χ4n) is 5.90. The van der Waals surface area contributed by atoms with Crippen molar-refractivity contribution in [2.45, 2.75) is 43.1 Å². The van der Waals surface area contributed by atoms with Gasteiger partial charge in [-0.15, -0.1) is 11.8 Å². The first-order valence-electron chi connectivity index (χ1n) is 16.4. The van der Waals surface area contributed by atoms with E-state index < -0.39 is 12.3 Å². The van der Waals surface area contributed by atoms with E-state index in [-0.39, 0.29) is 36.0 Å². The van der Waals surface area contributed by atoms with Gasteiger partial charge in [-0.3, -0.25) is 9.78 Å². The number of carbonyl (C=O) groups excluding carboxylic acids is 1. The van der Waals surface area contributed by atoms with Crippen LogP contribution in [-0.2, 0) is 22.6 Å². The Bertz CT molecular complexity index is 2160. The molecule has 2 aromatic heterocycles. The Morgan fingerprint density at radius 3 is 2.37 bits per heavy atom. The van der Waals surface area contributed by atoms with E-state index in [1.165, 1.54) is 18.0 Å². The number of aromatic nitrogens is 3. The summed E-state index contributed by atoms with van der Waals surface area (Å²) in [5.74, 6) is -0.835. The van der Waals surface area contributed by atoms with Crippen molar-refractivity contribution < 1.29 is 29.3 Å². The number of hydrogen-bond acceptors (Lipinski definition) is 9. The molecule has 1 aliphatic rings. The van der Waals surface area contributed by atoms with Crippen LogP contribution in [0, 0.1) is 0 Å². The van der Waals surface area contributed by atoms with Crippen LogP contribution in [0.2, 0.25) is 0 Å². The van der Waals surface area contributed by atoms with Crippen molar-refractivity contribution in [3.8, 4) is 11.1 Å². The van der Waals surface area contributed by atoms with E-state index in [0.717, 1.165) is 38.9 Å². The number of rotatable bonds is 11. The molecular weight excluding hydrogens is 665 g/mol. The zero-order valence-electron chi connectivity index (χ0n) is 27.4. The largest absolute Gasteiger partial charge is 0.478 e. The Hall–Kier alpha value is -5.46. The topological polar surface area (TPSA) is 144 Å². The summed E-state index contributed by atoms with van der Waals surface area (Å²) in [5.41, 5.74) is 7.36. The van der Waals surface area contributed by atoms with Crippen LogP contribution in [0.4, 0.5) is 0 Å². The lowest BCUT2D eigenvalue weighted by molar-refractivity contribution is -0.245. The number of amides is 1. The Labute approximate surface area is 298 Å². The number of ether oxygens (including phenoxy) is 2. The quantitative estimate of drug-likeness (QED) is 0.119. The number of aliphatic hydroxyl groups excluding tert-OH is 1. The van der Waals surface area contributed by atoms with Crippen molar-refractivity contribution in [2.75, 3.05) is 5.75 Å². The SMILES string of the molecule is O=C(NCc1cccc(-c2ccc([C@H]3O[C@@H](CSc4ncccc4C(=O)O)C[C@@H](c4ccc(CO)cc4)O3)cc2)c1)c1cnc2ccccc2n1. The van der Waals surface area contributed by atoms with Gasteiger partial charge in [0.25, 0.3) is 5.91 Å². The number of fused-ring (bicyclic) bond motifs is 1. The van der Waals surface area contributed by atoms with E-state index in [2.05, 4.69) is 20.3 Å². The second-order valence-electron chi connectivity index (χ2n) is 12.1. The van der Waals surface area contributed by atoms with E-state index in [9.17, 15) is 19.8 Å². The van der Waals surface area contributed by atoms with E-state index in [1.54, 1.807) is 18.3 Å². The van der Waals surface area contributed by atoms with E-state index in [1.807, 2.05) is 97.1 Å². The molecule has 256 valence electrons. The number of nitrogens with one attached hydrogen (secondary N) is 1. The Morgan fingerprint density at radius 1 is 0.804 bits per heavy atom. The summed E-state index contributed by atoms with van der Waals surface area (Å²) in [4.78, 5) is 37.7. The zero-order chi connectivity index (χ0) is 35.2. The molecular formula is C40H34N4O6S. The molecule has 7 rings (SSSR count). The van der Waals surface area contributed by atoms with Crippen molar-refractivity contribution >= 4 is 34.7 Å². The highest BCUT2D eigenvalue weighted by Gasteiger charge is 2.32. The standard InChI is InChI=1S/C40H34N4O6S/c45-23-25-10-12-28(13-11-25)36-20-31(24-51-38-32(39(47)48)7-4-18-41-38)49-40(50-36)29-16-14-27(15-17-29)30-6-3-5-26(19-30)21-43-37(46)35-22-42-33-8-1-2-9-34(33)44-35/h1-19,22,31,36,40,45H,20-21,23-24H2,(H,43,46)(H,47,48)/t31-,36+,40+/m1/s1. The number of benzene rings is 4. The summed E-state index contributed by atoms with van der Waals surface area (Å²) in [6, 6.07) is 34.2. The summed E-state index contributed by atoms with van der Waals surface area (Å²) in [6.07, 6.45) is 2.43. The summed E-state index contributed by atoms with van der Waals surface area (Å²) in [6.45, 7) is 0.284. The van der Waals surface area contributed by atoms with Crippen molar-refractivity contribution in [1.29, 1.82) is 0 Å². The molecule has 0 unspecified atom stereocenters. The van der Waals surface area contributed by atoms with E-state index in [4.69, 9.17) is 9.47 Å². The lowest BCUT2D eigenvalue weighted by Crippen LogP contribution is -2.31. The molecule has 6 aromatic rings. The second kappa shape index (κ2) is 15.6. The van der Waals surface area contributed by atoms with Gasteiger partial charge in [-0.2, -0.15) is 0 Å². The average Bonchev–Trinajstić information content (AvgIpc) is 3.19. The number of aromatic carboxylic acids is 1. The van der Waals surface area contributed by atoms with Gasteiger partial charge in [-0.1, -0.05) is 78.9 Å². The number of carbonyl (C=O) groups is 2. The van der Waals surface area contributed by atoms with E-state index in [0.29, 0.717) is 29.3 Å². The van der Waals surface area contributed by atoms with Gasteiger partial charge < -0.3 is 25.0 Å². The molecule has 10 nitrogen and oxygen atoms in total. The van der Waals surface area contributed by atoms with Crippen molar-refractivity contribution in [3.63, 3.8) is 0 Å². The van der Waals surface area contributed by atoms with Gasteiger partial charge in [-0.05, 0) is 58.1 Å². The summed E-state index contributed by atoms with van der Waals surface area (Å²) in [5, 5.41) is 22.5. The fraction of sp³-hybridized carbons (Fsp3) is 0.175. The lowest BCUT2D eigenvalue weighted by atomic mass is 9.99. The van der Waals surface area contributed by atoms with Crippen LogP contribution in [0.3, 0.4) is 0 Å². The molecule has 3 atom stereocenters. The molecule has 0 spiro atoms. The predicted octanol–water partition coefficient (Wildman–Crippen LogP) is 7.15. The molecule has 1 amide bonds. The Morgan fingerprint density at radius 2 is 1.59 bits per heavy atom. The van der Waals surface area contributed by atoms with Gasteiger partial charge in [0.05, 0.1) is 41.6 Å². The maximum atomic E-state index is 12.8. The molecule has 1 saturated heterocycles. The maximum Gasteiger partial charge on any atom is 0.338 e. The second-order valence-corrected chi connectivity index (χ2v) is 13.1. The smallest absolute Gasteiger partial charge is 0.338 e. The maximum absolute atomic E-state index is 12.8. The van der Waals surface area contributed by atoms with Gasteiger partial charge in [0, 0.05) is 30.5 Å². The Balaban J connectivity index is 1.05. The molecule has 0 bridgehead atoms. The average molecular weight is 699 g/mol. The number of carboxylic acid groups (broad SMARTS) is 1. The first kappa shape index (κ1) is 34.0. The third-order valence-electron chi connectivity index (χ3n) is 8.60. The van der Waals surface area contributed by atoms with Crippen molar-refractivity contribution in [3.05, 3.63) is 155 Å². The third kappa shape index (κ3) is 8.13. The summed E-state index contributed by atoms with van der Waals surface area (Å²) >= 11 is 1.35. The minimum Gasteiger partial charge on any atom is -0.478 e. The van der Waals surface area contributed by atoms with Crippen LogP contribution in [-0.4, -0.2) is 48.9 Å². The molecule has 3 N–H and O–H groups in total. The zero-order valence-corrected chi connectivity index (χ0v) is 28.2. The van der Waals surface area contributed by atoms with Gasteiger partial charge in [-0.25, -0.2) is 14.8 Å². The molecule has 1 fully saturated rings. The number of nitrogens with zero attached hydrogens (tertiary/aromatic N) is 3. The van der Waals surface area contributed by atoms with Crippen LogP contribution in [0.25, 0.3) is 22.2 Å². The molecule has 4 aromatic carbocycles. The predicted molar refractivity (Wildman–Crippen MR) is 193 cm³/mol. The van der Waals surface area contributed by atoms with Gasteiger partial charge in [0.2, 0.25) is 0 Å². The first-order valence-corrected chi connectivity index (χ1v) is 17.4.